The van der Waals surface area contributed by atoms with Crippen molar-refractivity contribution in [1.82, 2.24) is 9.97 Å². The van der Waals surface area contributed by atoms with Crippen molar-refractivity contribution in [3.8, 4) is 11.5 Å². The molecule has 5 nitrogen and oxygen atoms in total. The Morgan fingerprint density at radius 2 is 2.20 bits per heavy atom. The molecule has 6 heteroatoms. The molecule has 0 aliphatic carbocycles. The van der Waals surface area contributed by atoms with Gasteiger partial charge in [0.25, 0.3) is 0 Å². The Balaban J connectivity index is 2.12. The van der Waals surface area contributed by atoms with Crippen molar-refractivity contribution < 1.29 is 14.3 Å². The van der Waals surface area contributed by atoms with E-state index in [9.17, 15) is 4.79 Å². The fourth-order valence-electron chi connectivity index (χ4n) is 1.63. The number of hydrogen-bond acceptors (Lipinski definition) is 5. The van der Waals surface area contributed by atoms with Crippen LogP contribution in [0.25, 0.3) is 0 Å². The number of carbonyl (C=O) groups excluding carboxylic acids is 1. The predicted octanol–water partition coefficient (Wildman–Crippen LogP) is 2.64. The van der Waals surface area contributed by atoms with E-state index in [4.69, 9.17) is 9.47 Å². The molecule has 0 fully saturated rings. The number of rotatable bonds is 6. The van der Waals surface area contributed by atoms with Crippen LogP contribution in [0.3, 0.4) is 0 Å². The molecule has 0 spiro atoms. The first kappa shape index (κ1) is 14.5. The van der Waals surface area contributed by atoms with Crippen molar-refractivity contribution >= 4 is 21.7 Å². The molecular weight excluding hydrogens is 324 g/mol. The molecule has 104 valence electrons. The van der Waals surface area contributed by atoms with Crippen molar-refractivity contribution in [2.24, 2.45) is 0 Å². The van der Waals surface area contributed by atoms with Gasteiger partial charge in [0.15, 0.2) is 5.78 Å². The van der Waals surface area contributed by atoms with Crippen LogP contribution in [0.4, 0.5) is 0 Å². The predicted molar refractivity (Wildman–Crippen MR) is 77.5 cm³/mol. The zero-order chi connectivity index (χ0) is 14.4. The number of aromatic nitrogens is 2. The maximum absolute atomic E-state index is 11.7. The molecule has 0 saturated carbocycles. The number of ketones is 1. The highest BCUT2D eigenvalue weighted by molar-refractivity contribution is 9.09. The minimum absolute atomic E-state index is 0.0395. The lowest BCUT2D eigenvalue weighted by Gasteiger charge is -2.10. The van der Waals surface area contributed by atoms with E-state index in [-0.39, 0.29) is 11.1 Å². The lowest BCUT2D eigenvalue weighted by Crippen LogP contribution is -2.04. The summed E-state index contributed by atoms with van der Waals surface area (Å²) in [4.78, 5) is 19.8. The van der Waals surface area contributed by atoms with Gasteiger partial charge >= 0.3 is 0 Å². The van der Waals surface area contributed by atoms with Crippen LogP contribution >= 0.6 is 15.9 Å². The summed E-state index contributed by atoms with van der Waals surface area (Å²) in [6, 6.07) is 5.11. The van der Waals surface area contributed by atoms with E-state index in [0.717, 1.165) is 5.69 Å². The summed E-state index contributed by atoms with van der Waals surface area (Å²) in [6.45, 7) is 0.308. The third-order valence-electron chi connectivity index (χ3n) is 2.60. The molecule has 2 rings (SSSR count). The van der Waals surface area contributed by atoms with Crippen molar-refractivity contribution in [2.75, 3.05) is 12.4 Å². The summed E-state index contributed by atoms with van der Waals surface area (Å²) < 4.78 is 10.8. The highest BCUT2D eigenvalue weighted by atomic mass is 79.9. The van der Waals surface area contributed by atoms with Gasteiger partial charge in [-0.2, -0.15) is 0 Å². The zero-order valence-electron chi connectivity index (χ0n) is 10.9. The maximum atomic E-state index is 11.7. The van der Waals surface area contributed by atoms with Gasteiger partial charge in [-0.25, -0.2) is 0 Å². The van der Waals surface area contributed by atoms with E-state index in [1.807, 2.05) is 0 Å². The highest BCUT2D eigenvalue weighted by Crippen LogP contribution is 2.26. The normalized spacial score (nSPS) is 10.1. The summed E-state index contributed by atoms with van der Waals surface area (Å²) in [7, 11) is 1.52. The molecule has 0 atom stereocenters. The number of methoxy groups -OCH3 is 1. The first-order valence-electron chi connectivity index (χ1n) is 5.89. The number of halogens is 1. The average Bonchev–Trinajstić information content (AvgIpc) is 2.52. The van der Waals surface area contributed by atoms with Crippen molar-refractivity contribution in [3.05, 3.63) is 48.0 Å². The van der Waals surface area contributed by atoms with Crippen LogP contribution in [0.5, 0.6) is 11.5 Å². The Hall–Kier alpha value is -1.95. The van der Waals surface area contributed by atoms with E-state index in [1.54, 1.807) is 36.8 Å². The minimum atomic E-state index is -0.0395. The zero-order valence-corrected chi connectivity index (χ0v) is 12.5. The molecule has 1 aromatic heterocycles. The molecule has 0 saturated heterocycles. The molecular formula is C14H13BrN2O3. The molecule has 0 unspecified atom stereocenters. The van der Waals surface area contributed by atoms with Gasteiger partial charge in [0, 0.05) is 18.5 Å². The third kappa shape index (κ3) is 3.54. The maximum Gasteiger partial charge on any atom is 0.177 e. The van der Waals surface area contributed by atoms with Gasteiger partial charge in [0.1, 0.15) is 18.1 Å². The van der Waals surface area contributed by atoms with E-state index in [2.05, 4.69) is 25.9 Å². The summed E-state index contributed by atoms with van der Waals surface area (Å²) >= 11 is 3.14. The summed E-state index contributed by atoms with van der Waals surface area (Å²) in [5.41, 5.74) is 1.25. The van der Waals surface area contributed by atoms with Gasteiger partial charge < -0.3 is 9.47 Å². The summed E-state index contributed by atoms with van der Waals surface area (Å²) in [6.07, 6.45) is 4.85. The van der Waals surface area contributed by atoms with Gasteiger partial charge in [-0.15, -0.1) is 0 Å². The van der Waals surface area contributed by atoms with Crippen LogP contribution < -0.4 is 9.47 Å². The smallest absolute Gasteiger partial charge is 0.177 e. The van der Waals surface area contributed by atoms with Crippen LogP contribution in [-0.2, 0) is 6.61 Å². The van der Waals surface area contributed by atoms with Crippen molar-refractivity contribution in [3.63, 3.8) is 0 Å². The second-order valence-electron chi connectivity index (χ2n) is 3.90. The minimum Gasteiger partial charge on any atom is -0.496 e. The molecule has 1 heterocycles. The van der Waals surface area contributed by atoms with Crippen LogP contribution in [0.2, 0.25) is 0 Å². The lowest BCUT2D eigenvalue weighted by atomic mass is 10.1. The molecule has 20 heavy (non-hydrogen) atoms. The van der Waals surface area contributed by atoms with E-state index in [0.29, 0.717) is 23.7 Å². The van der Waals surface area contributed by atoms with E-state index < -0.39 is 0 Å². The molecule has 0 aliphatic rings. The number of benzene rings is 1. The lowest BCUT2D eigenvalue weighted by molar-refractivity contribution is 0.102. The Morgan fingerprint density at radius 1 is 1.35 bits per heavy atom. The Morgan fingerprint density at radius 3 is 2.85 bits per heavy atom. The molecule has 0 radical (unpaired) electrons. The number of carbonyl (C=O) groups is 1. The molecule has 2 aromatic rings. The number of alkyl halides is 1. The van der Waals surface area contributed by atoms with Crippen LogP contribution in [0.1, 0.15) is 16.1 Å². The van der Waals surface area contributed by atoms with Gasteiger partial charge in [0.2, 0.25) is 0 Å². The molecule has 0 aliphatic heterocycles. The number of nitrogens with zero attached hydrogens (tertiary/aromatic N) is 2. The third-order valence-corrected chi connectivity index (χ3v) is 3.11. The first-order chi connectivity index (χ1) is 9.74. The standard InChI is InChI=1S/C14H13BrN2O3/c1-19-14-6-11(2-3-12(14)13(18)7-15)20-9-10-8-16-4-5-17-10/h2-6,8H,7,9H2,1H3. The molecule has 0 N–H and O–H groups in total. The van der Waals surface area contributed by atoms with E-state index >= 15 is 0 Å². The van der Waals surface area contributed by atoms with Gasteiger partial charge in [-0.3, -0.25) is 14.8 Å². The molecule has 1 aromatic carbocycles. The van der Waals surface area contributed by atoms with Crippen LogP contribution in [-0.4, -0.2) is 28.2 Å². The Bertz CT molecular complexity index is 590. The van der Waals surface area contributed by atoms with E-state index in [1.165, 1.54) is 7.11 Å². The summed E-state index contributed by atoms with van der Waals surface area (Å²) in [5.74, 6) is 1.06. The second-order valence-corrected chi connectivity index (χ2v) is 4.47. The quantitative estimate of drug-likeness (QED) is 0.599. The van der Waals surface area contributed by atoms with Crippen LogP contribution in [0, 0.1) is 0 Å². The van der Waals surface area contributed by atoms with Gasteiger partial charge in [0.05, 0.1) is 29.9 Å². The highest BCUT2D eigenvalue weighted by Gasteiger charge is 2.12. The first-order valence-corrected chi connectivity index (χ1v) is 7.01. The van der Waals surface area contributed by atoms with Crippen molar-refractivity contribution in [2.45, 2.75) is 6.61 Å². The second kappa shape index (κ2) is 7.00. The largest absolute Gasteiger partial charge is 0.496 e. The monoisotopic (exact) mass is 336 g/mol. The average molecular weight is 337 g/mol. The topological polar surface area (TPSA) is 61.3 Å². The molecule has 0 bridgehead atoms. The van der Waals surface area contributed by atoms with Gasteiger partial charge in [-0.05, 0) is 12.1 Å². The van der Waals surface area contributed by atoms with Crippen molar-refractivity contribution in [1.29, 1.82) is 0 Å². The number of Topliss-reactive ketones (excluding diaryl/α,β-unsaturated/α-hetero) is 1. The molecule has 0 amide bonds. The summed E-state index contributed by atoms with van der Waals surface area (Å²) in [5, 5.41) is 0.253. The van der Waals surface area contributed by atoms with Crippen LogP contribution in [0.15, 0.2) is 36.8 Å². The fourth-order valence-corrected chi connectivity index (χ4v) is 1.93. The Labute approximate surface area is 125 Å². The SMILES string of the molecule is COc1cc(OCc2cnccn2)ccc1C(=O)CBr. The van der Waals surface area contributed by atoms with Gasteiger partial charge in [-0.1, -0.05) is 15.9 Å². The Kier molecular flexibility index (Phi) is 5.06. The number of hydrogen-bond donors (Lipinski definition) is 0. The number of ether oxygens (including phenoxy) is 2. The fraction of sp³-hybridized carbons (Fsp3) is 0.214.